The van der Waals surface area contributed by atoms with Gasteiger partial charge in [-0.25, -0.2) is 22.9 Å². The van der Waals surface area contributed by atoms with Gasteiger partial charge in [0.25, 0.3) is 0 Å². The quantitative estimate of drug-likeness (QED) is 0.813. The molecule has 0 aliphatic rings. The van der Waals surface area contributed by atoms with Crippen LogP contribution in [0.1, 0.15) is 16.2 Å². The van der Waals surface area contributed by atoms with Gasteiger partial charge in [-0.2, -0.15) is 0 Å². The van der Waals surface area contributed by atoms with Crippen molar-refractivity contribution in [1.82, 2.24) is 4.98 Å². The van der Waals surface area contributed by atoms with Gasteiger partial charge < -0.3 is 13.9 Å². The third kappa shape index (κ3) is 2.89. The summed E-state index contributed by atoms with van der Waals surface area (Å²) in [5, 5.41) is 0. The van der Waals surface area contributed by atoms with E-state index in [9.17, 15) is 18.0 Å². The van der Waals surface area contributed by atoms with E-state index in [4.69, 9.17) is 9.15 Å². The fourth-order valence-corrected chi connectivity index (χ4v) is 1.69. The first-order valence-electron chi connectivity index (χ1n) is 5.69. The highest BCUT2D eigenvalue weighted by molar-refractivity contribution is 5.87. The number of esters is 1. The molecule has 5 nitrogen and oxygen atoms in total. The molecule has 1 aromatic carbocycles. The lowest BCUT2D eigenvalue weighted by Gasteiger charge is -2.00. The highest BCUT2D eigenvalue weighted by Crippen LogP contribution is 2.28. The molecule has 0 saturated carbocycles. The Labute approximate surface area is 117 Å². The summed E-state index contributed by atoms with van der Waals surface area (Å²) in [5.74, 6) is -5.19. The van der Waals surface area contributed by atoms with Crippen LogP contribution in [0.5, 0.6) is 0 Å². The van der Waals surface area contributed by atoms with E-state index in [0.29, 0.717) is 12.1 Å². The lowest BCUT2D eigenvalue weighted by Crippen LogP contribution is -2.04. The molecule has 0 atom stereocenters. The second-order valence-corrected chi connectivity index (χ2v) is 3.96. The molecule has 0 unspecified atom stereocenters. The van der Waals surface area contributed by atoms with Crippen LogP contribution in [0.4, 0.5) is 13.2 Å². The predicted molar refractivity (Wildman–Crippen MR) is 63.9 cm³/mol. The third-order valence-corrected chi connectivity index (χ3v) is 2.57. The first-order valence-corrected chi connectivity index (χ1v) is 5.69. The third-order valence-electron chi connectivity index (χ3n) is 2.57. The number of rotatable bonds is 4. The minimum Gasteiger partial charge on any atom is -0.463 e. The van der Waals surface area contributed by atoms with Gasteiger partial charge >= 0.3 is 5.97 Å². The van der Waals surface area contributed by atoms with Crippen molar-refractivity contribution >= 4 is 5.97 Å². The summed E-state index contributed by atoms with van der Waals surface area (Å²) in [6.07, 6.45) is 0. The summed E-state index contributed by atoms with van der Waals surface area (Å²) in [6.45, 7) is -0.127. The van der Waals surface area contributed by atoms with Crippen molar-refractivity contribution in [3.63, 3.8) is 0 Å². The molecule has 2 aromatic rings. The van der Waals surface area contributed by atoms with E-state index >= 15 is 0 Å². The van der Waals surface area contributed by atoms with E-state index in [1.54, 1.807) is 0 Å². The van der Waals surface area contributed by atoms with Crippen LogP contribution < -0.4 is 0 Å². The van der Waals surface area contributed by atoms with Crippen LogP contribution in [0.3, 0.4) is 0 Å². The second-order valence-electron chi connectivity index (χ2n) is 3.96. The predicted octanol–water partition coefficient (Wildman–Crippen LogP) is 2.69. The highest BCUT2D eigenvalue weighted by atomic mass is 19.1. The Kier molecular flexibility index (Phi) is 4.27. The maximum atomic E-state index is 13.7. The van der Waals surface area contributed by atoms with Crippen LogP contribution in [0.15, 0.2) is 16.5 Å². The molecule has 1 aromatic heterocycles. The second kappa shape index (κ2) is 5.96. The Morgan fingerprint density at radius 1 is 1.24 bits per heavy atom. The van der Waals surface area contributed by atoms with E-state index in [2.05, 4.69) is 9.72 Å². The van der Waals surface area contributed by atoms with Crippen LogP contribution in [0.2, 0.25) is 0 Å². The Bertz CT molecular complexity index is 661. The normalized spacial score (nSPS) is 10.7. The first-order chi connectivity index (χ1) is 9.97. The van der Waals surface area contributed by atoms with Crippen molar-refractivity contribution in [1.29, 1.82) is 0 Å². The average molecular weight is 301 g/mol. The molecule has 0 amide bonds. The molecule has 0 bridgehead atoms. The fourth-order valence-electron chi connectivity index (χ4n) is 1.69. The molecule has 1 heterocycles. The first kappa shape index (κ1) is 15.0. The molecule has 2 rings (SSSR count). The molecule has 0 aliphatic heterocycles. The van der Waals surface area contributed by atoms with Crippen molar-refractivity contribution < 1.29 is 31.9 Å². The van der Waals surface area contributed by atoms with Crippen LogP contribution in [-0.4, -0.2) is 25.2 Å². The Morgan fingerprint density at radius 3 is 2.38 bits per heavy atom. The molecule has 0 aliphatic carbocycles. The van der Waals surface area contributed by atoms with Crippen molar-refractivity contribution in [3.8, 4) is 11.5 Å². The number of nitrogens with zero attached hydrogens (tertiary/aromatic N) is 1. The van der Waals surface area contributed by atoms with E-state index < -0.39 is 34.9 Å². The highest BCUT2D eigenvalue weighted by Gasteiger charge is 2.25. The topological polar surface area (TPSA) is 61.6 Å². The standard InChI is InChI=1S/C13H10F3NO4/c1-19-5-9-11(13(18)20-2)21-12(17-9)10-7(15)3-6(14)4-8(10)16/h3-4H,5H2,1-2H3. The van der Waals surface area contributed by atoms with Gasteiger partial charge in [-0.3, -0.25) is 0 Å². The average Bonchev–Trinajstić information content (AvgIpc) is 2.81. The minimum absolute atomic E-state index is 0.0162. The zero-order chi connectivity index (χ0) is 15.6. The van der Waals surface area contributed by atoms with E-state index in [0.717, 1.165) is 7.11 Å². The Balaban J connectivity index is 2.58. The molecule has 0 saturated heterocycles. The summed E-state index contributed by atoms with van der Waals surface area (Å²) in [4.78, 5) is 15.3. The maximum absolute atomic E-state index is 13.7. The van der Waals surface area contributed by atoms with Gasteiger partial charge in [-0.05, 0) is 0 Å². The van der Waals surface area contributed by atoms with Gasteiger partial charge in [0.15, 0.2) is 0 Å². The zero-order valence-corrected chi connectivity index (χ0v) is 11.1. The number of benzene rings is 1. The SMILES string of the molecule is COCc1nc(-c2c(F)cc(F)cc2F)oc1C(=O)OC. The molecular formula is C13H10F3NO4. The number of oxazole rings is 1. The number of halogens is 3. The Morgan fingerprint density at radius 2 is 1.86 bits per heavy atom. The number of methoxy groups -OCH3 is 2. The summed E-state index contributed by atoms with van der Waals surface area (Å²) in [6, 6.07) is 0.965. The van der Waals surface area contributed by atoms with E-state index in [-0.39, 0.29) is 18.1 Å². The molecule has 0 radical (unpaired) electrons. The number of hydrogen-bond donors (Lipinski definition) is 0. The van der Waals surface area contributed by atoms with Crippen LogP contribution in [0, 0.1) is 17.5 Å². The largest absolute Gasteiger partial charge is 0.463 e. The monoisotopic (exact) mass is 301 g/mol. The number of ether oxygens (including phenoxy) is 2. The van der Waals surface area contributed by atoms with Gasteiger partial charge in [-0.1, -0.05) is 0 Å². The molecular weight excluding hydrogens is 291 g/mol. The van der Waals surface area contributed by atoms with Gasteiger partial charge in [0.1, 0.15) is 28.7 Å². The van der Waals surface area contributed by atoms with Gasteiger partial charge in [-0.15, -0.1) is 0 Å². The fraction of sp³-hybridized carbons (Fsp3) is 0.231. The minimum atomic E-state index is -1.20. The van der Waals surface area contributed by atoms with Crippen molar-refractivity contribution in [2.45, 2.75) is 6.61 Å². The smallest absolute Gasteiger partial charge is 0.376 e. The molecule has 0 fully saturated rings. The number of aromatic nitrogens is 1. The Hall–Kier alpha value is -2.35. The summed E-state index contributed by atoms with van der Waals surface area (Å²) in [7, 11) is 2.45. The summed E-state index contributed by atoms with van der Waals surface area (Å²) < 4.78 is 54.6. The number of carbonyl (C=O) groups excluding carboxylic acids is 1. The van der Waals surface area contributed by atoms with Gasteiger partial charge in [0, 0.05) is 19.2 Å². The molecule has 112 valence electrons. The maximum Gasteiger partial charge on any atom is 0.376 e. The van der Waals surface area contributed by atoms with Crippen LogP contribution in [0.25, 0.3) is 11.5 Å². The van der Waals surface area contributed by atoms with Gasteiger partial charge in [0.05, 0.1) is 13.7 Å². The number of carbonyl (C=O) groups is 1. The molecule has 21 heavy (non-hydrogen) atoms. The summed E-state index contributed by atoms with van der Waals surface area (Å²) in [5.41, 5.74) is -0.661. The zero-order valence-electron chi connectivity index (χ0n) is 11.1. The van der Waals surface area contributed by atoms with Gasteiger partial charge in [0.2, 0.25) is 11.7 Å². The van der Waals surface area contributed by atoms with Crippen LogP contribution in [-0.2, 0) is 16.1 Å². The van der Waals surface area contributed by atoms with E-state index in [1.807, 2.05) is 0 Å². The van der Waals surface area contributed by atoms with Crippen molar-refractivity contribution in [2.75, 3.05) is 14.2 Å². The van der Waals surface area contributed by atoms with Crippen LogP contribution >= 0.6 is 0 Å². The van der Waals surface area contributed by atoms with Crippen molar-refractivity contribution in [2.24, 2.45) is 0 Å². The van der Waals surface area contributed by atoms with E-state index in [1.165, 1.54) is 7.11 Å². The lowest BCUT2D eigenvalue weighted by molar-refractivity contribution is 0.0559. The number of hydrogen-bond acceptors (Lipinski definition) is 5. The summed E-state index contributed by atoms with van der Waals surface area (Å²) >= 11 is 0. The van der Waals surface area contributed by atoms with Crippen molar-refractivity contribution in [3.05, 3.63) is 41.0 Å². The molecule has 8 heteroatoms. The molecule has 0 spiro atoms. The lowest BCUT2D eigenvalue weighted by atomic mass is 10.2. The molecule has 0 N–H and O–H groups in total.